The molecule has 2 aliphatic heterocycles. The molecule has 5 rings (SSSR count). The first-order valence-electron chi connectivity index (χ1n) is 13.0. The molecule has 3 heterocycles. The SMILES string of the molecule is c1cc2oc3ccc(SCCCN4CCCCC4)cc3c2cc1SCCCN1CCCCC1. The molecule has 0 radical (unpaired) electrons. The molecule has 0 atom stereocenters. The van der Waals surface area contributed by atoms with Gasteiger partial charge < -0.3 is 14.2 Å². The van der Waals surface area contributed by atoms with Crippen molar-refractivity contribution in [2.24, 2.45) is 0 Å². The van der Waals surface area contributed by atoms with E-state index < -0.39 is 0 Å². The quantitative estimate of drug-likeness (QED) is 0.219. The Morgan fingerprint density at radius 2 is 1.06 bits per heavy atom. The highest BCUT2D eigenvalue weighted by Crippen LogP contribution is 2.34. The summed E-state index contributed by atoms with van der Waals surface area (Å²) in [6, 6.07) is 13.5. The van der Waals surface area contributed by atoms with Gasteiger partial charge >= 0.3 is 0 Å². The summed E-state index contributed by atoms with van der Waals surface area (Å²) < 4.78 is 6.14. The topological polar surface area (TPSA) is 19.6 Å². The second kappa shape index (κ2) is 12.0. The molecule has 0 bridgehead atoms. The standard InChI is InChI=1S/C28H38N2OS2/c1-3-13-29(14-4-1)17-7-19-32-23-9-11-27-25(21-23)26-22-24(10-12-28(26)31-27)33-20-8-18-30-15-5-2-6-16-30/h9-12,21-22H,1-8,13-20H2. The Hall–Kier alpha value is -1.14. The molecule has 1 aromatic heterocycles. The van der Waals surface area contributed by atoms with Crippen LogP contribution in [0.2, 0.25) is 0 Å². The van der Waals surface area contributed by atoms with Gasteiger partial charge in [-0.15, -0.1) is 23.5 Å². The largest absolute Gasteiger partial charge is 0.456 e. The van der Waals surface area contributed by atoms with E-state index in [4.69, 9.17) is 4.42 Å². The Morgan fingerprint density at radius 1 is 0.606 bits per heavy atom. The zero-order chi connectivity index (χ0) is 22.3. The molecule has 178 valence electrons. The Morgan fingerprint density at radius 3 is 1.52 bits per heavy atom. The van der Waals surface area contributed by atoms with Gasteiger partial charge in [-0.2, -0.15) is 0 Å². The Bertz CT molecular complexity index is 941. The first kappa shape index (κ1) is 23.6. The van der Waals surface area contributed by atoms with Gasteiger partial charge in [-0.3, -0.25) is 0 Å². The smallest absolute Gasteiger partial charge is 0.135 e. The van der Waals surface area contributed by atoms with E-state index in [1.807, 2.05) is 23.5 Å². The van der Waals surface area contributed by atoms with E-state index >= 15 is 0 Å². The van der Waals surface area contributed by atoms with E-state index in [1.54, 1.807) is 0 Å². The van der Waals surface area contributed by atoms with Crippen molar-refractivity contribution in [2.75, 3.05) is 50.8 Å². The molecule has 2 aromatic carbocycles. The lowest BCUT2D eigenvalue weighted by Gasteiger charge is -2.26. The molecule has 5 heteroatoms. The normalized spacial score (nSPS) is 18.4. The molecule has 2 saturated heterocycles. The number of nitrogens with zero attached hydrogens (tertiary/aromatic N) is 2. The molecule has 0 N–H and O–H groups in total. The predicted molar refractivity (Wildman–Crippen MR) is 145 cm³/mol. The van der Waals surface area contributed by atoms with E-state index in [-0.39, 0.29) is 0 Å². The highest BCUT2D eigenvalue weighted by atomic mass is 32.2. The van der Waals surface area contributed by atoms with Crippen molar-refractivity contribution < 1.29 is 4.42 Å². The van der Waals surface area contributed by atoms with Crippen LogP contribution in [-0.2, 0) is 0 Å². The van der Waals surface area contributed by atoms with Crippen LogP contribution in [0.15, 0.2) is 50.6 Å². The summed E-state index contributed by atoms with van der Waals surface area (Å²) in [5.41, 5.74) is 2.02. The Kier molecular flexibility index (Phi) is 8.59. The van der Waals surface area contributed by atoms with E-state index in [0.29, 0.717) is 0 Å². The number of furan rings is 1. The first-order valence-corrected chi connectivity index (χ1v) is 15.0. The number of benzene rings is 2. The van der Waals surface area contributed by atoms with E-state index in [9.17, 15) is 0 Å². The molecule has 0 amide bonds. The summed E-state index contributed by atoms with van der Waals surface area (Å²) in [5.74, 6) is 2.38. The monoisotopic (exact) mass is 482 g/mol. The van der Waals surface area contributed by atoms with Crippen LogP contribution in [0, 0.1) is 0 Å². The number of thioether (sulfide) groups is 2. The minimum absolute atomic E-state index is 1.01. The summed E-state index contributed by atoms with van der Waals surface area (Å²) in [5, 5.41) is 2.53. The van der Waals surface area contributed by atoms with Crippen molar-refractivity contribution in [3.8, 4) is 0 Å². The fraction of sp³-hybridized carbons (Fsp3) is 0.571. The molecule has 3 nitrogen and oxygen atoms in total. The zero-order valence-corrected chi connectivity index (χ0v) is 21.5. The fourth-order valence-electron chi connectivity index (χ4n) is 5.24. The third-order valence-electron chi connectivity index (χ3n) is 7.08. The lowest BCUT2D eigenvalue weighted by Crippen LogP contribution is -2.30. The molecule has 3 aromatic rings. The molecule has 33 heavy (non-hydrogen) atoms. The molecule has 0 spiro atoms. The minimum Gasteiger partial charge on any atom is -0.456 e. The van der Waals surface area contributed by atoms with Gasteiger partial charge in [0.15, 0.2) is 0 Å². The molecule has 0 unspecified atom stereocenters. The summed E-state index contributed by atoms with van der Waals surface area (Å²) in [7, 11) is 0. The van der Waals surface area contributed by atoms with Crippen LogP contribution in [0.5, 0.6) is 0 Å². The molecular weight excluding hydrogens is 444 g/mol. The lowest BCUT2D eigenvalue weighted by molar-refractivity contribution is 0.230. The van der Waals surface area contributed by atoms with Crippen LogP contribution in [0.25, 0.3) is 21.9 Å². The zero-order valence-electron chi connectivity index (χ0n) is 19.9. The predicted octanol–water partition coefficient (Wildman–Crippen LogP) is 7.52. The third-order valence-corrected chi connectivity index (χ3v) is 9.24. The van der Waals surface area contributed by atoms with Gasteiger partial charge in [-0.1, -0.05) is 12.8 Å². The van der Waals surface area contributed by atoms with E-state index in [1.165, 1.54) is 123 Å². The van der Waals surface area contributed by atoms with Crippen LogP contribution < -0.4 is 0 Å². The fourth-order valence-corrected chi connectivity index (χ4v) is 6.99. The summed E-state index contributed by atoms with van der Waals surface area (Å²) >= 11 is 3.98. The third kappa shape index (κ3) is 6.50. The van der Waals surface area contributed by atoms with Gasteiger partial charge in [0.05, 0.1) is 0 Å². The number of piperidine rings is 2. The lowest BCUT2D eigenvalue weighted by atomic mass is 10.1. The average Bonchev–Trinajstić information content (AvgIpc) is 3.23. The van der Waals surface area contributed by atoms with Gasteiger partial charge in [0, 0.05) is 20.6 Å². The summed E-state index contributed by atoms with van der Waals surface area (Å²) in [4.78, 5) is 8.01. The first-order chi connectivity index (χ1) is 16.3. The van der Waals surface area contributed by atoms with Crippen molar-refractivity contribution in [2.45, 2.75) is 61.2 Å². The van der Waals surface area contributed by atoms with Crippen molar-refractivity contribution in [1.82, 2.24) is 9.80 Å². The van der Waals surface area contributed by atoms with Crippen molar-refractivity contribution in [1.29, 1.82) is 0 Å². The molecule has 2 aliphatic rings. The number of hydrogen-bond acceptors (Lipinski definition) is 5. The highest BCUT2D eigenvalue weighted by molar-refractivity contribution is 7.99. The number of rotatable bonds is 10. The average molecular weight is 483 g/mol. The number of hydrogen-bond donors (Lipinski definition) is 0. The van der Waals surface area contributed by atoms with Gasteiger partial charge in [0.2, 0.25) is 0 Å². The van der Waals surface area contributed by atoms with E-state index in [0.717, 1.165) is 11.2 Å². The van der Waals surface area contributed by atoms with Crippen LogP contribution in [0.1, 0.15) is 51.4 Å². The summed E-state index contributed by atoms with van der Waals surface area (Å²) in [6.07, 6.45) is 10.9. The van der Waals surface area contributed by atoms with Gasteiger partial charge in [-0.05, 0) is 126 Å². The second-order valence-corrected chi connectivity index (χ2v) is 12.0. The number of fused-ring (bicyclic) bond motifs is 3. The Balaban J connectivity index is 1.16. The van der Waals surface area contributed by atoms with Crippen LogP contribution in [0.4, 0.5) is 0 Å². The van der Waals surface area contributed by atoms with Crippen LogP contribution in [-0.4, -0.2) is 60.6 Å². The van der Waals surface area contributed by atoms with Crippen molar-refractivity contribution in [3.63, 3.8) is 0 Å². The minimum atomic E-state index is 1.01. The molecule has 0 aliphatic carbocycles. The molecule has 0 saturated carbocycles. The maximum atomic E-state index is 6.14. The second-order valence-electron chi connectivity index (χ2n) is 9.63. The summed E-state index contributed by atoms with van der Waals surface area (Å²) in [6.45, 7) is 7.71. The van der Waals surface area contributed by atoms with Gasteiger partial charge in [0.1, 0.15) is 11.2 Å². The maximum absolute atomic E-state index is 6.14. The Labute approximate surface area is 207 Å². The molecular formula is C28H38N2OS2. The maximum Gasteiger partial charge on any atom is 0.135 e. The highest BCUT2D eigenvalue weighted by Gasteiger charge is 2.12. The van der Waals surface area contributed by atoms with Crippen LogP contribution >= 0.6 is 23.5 Å². The molecule has 2 fully saturated rings. The van der Waals surface area contributed by atoms with Crippen molar-refractivity contribution >= 4 is 45.5 Å². The van der Waals surface area contributed by atoms with Crippen molar-refractivity contribution in [3.05, 3.63) is 36.4 Å². The van der Waals surface area contributed by atoms with Crippen LogP contribution in [0.3, 0.4) is 0 Å². The van der Waals surface area contributed by atoms with Gasteiger partial charge in [-0.25, -0.2) is 0 Å². The number of likely N-dealkylation sites (tertiary alicyclic amines) is 2. The van der Waals surface area contributed by atoms with Gasteiger partial charge in [0.25, 0.3) is 0 Å². The van der Waals surface area contributed by atoms with E-state index in [2.05, 4.69) is 46.2 Å².